The van der Waals surface area contributed by atoms with E-state index in [1.54, 1.807) is 12.1 Å². The molecule has 0 radical (unpaired) electrons. The molecule has 168 valence electrons. The van der Waals surface area contributed by atoms with Gasteiger partial charge in [-0.1, -0.05) is 37.3 Å². The van der Waals surface area contributed by atoms with Crippen LogP contribution in [-0.2, 0) is 29.5 Å². The summed E-state index contributed by atoms with van der Waals surface area (Å²) < 4.78 is 27.6. The van der Waals surface area contributed by atoms with Crippen molar-refractivity contribution in [3.63, 3.8) is 0 Å². The molecule has 2 aromatic carbocycles. The van der Waals surface area contributed by atoms with Crippen molar-refractivity contribution in [2.75, 3.05) is 25.5 Å². The number of benzene rings is 2. The Balaban J connectivity index is 1.46. The van der Waals surface area contributed by atoms with Crippen molar-refractivity contribution >= 4 is 32.4 Å². The number of sulfonamides is 1. The molecule has 0 bridgehead atoms. The third-order valence-corrected chi connectivity index (χ3v) is 8.38. The van der Waals surface area contributed by atoms with Gasteiger partial charge in [-0.05, 0) is 36.9 Å². The number of amides is 1. The number of thiazole rings is 1. The summed E-state index contributed by atoms with van der Waals surface area (Å²) in [5.74, 6) is -0.301. The van der Waals surface area contributed by atoms with Gasteiger partial charge in [0.25, 0.3) is 5.91 Å². The Bertz CT molecular complexity index is 1190. The van der Waals surface area contributed by atoms with E-state index >= 15 is 0 Å². The SMILES string of the molecule is CCN(Cc1ccccc1)S(=O)(=O)c1ccc(C(=O)Nc2nc3c(s2)CN(C)CC3)cc1. The van der Waals surface area contributed by atoms with Crippen LogP contribution < -0.4 is 5.32 Å². The Kier molecular flexibility index (Phi) is 6.71. The average Bonchev–Trinajstić information content (AvgIpc) is 3.19. The number of hydrogen-bond acceptors (Lipinski definition) is 6. The van der Waals surface area contributed by atoms with E-state index in [1.807, 2.05) is 37.3 Å². The van der Waals surface area contributed by atoms with Crippen LogP contribution in [0.15, 0.2) is 59.5 Å². The van der Waals surface area contributed by atoms with Crippen LogP contribution in [0.4, 0.5) is 5.13 Å². The lowest BCUT2D eigenvalue weighted by atomic mass is 10.2. The maximum absolute atomic E-state index is 13.1. The minimum atomic E-state index is -3.67. The molecule has 7 nitrogen and oxygen atoms in total. The van der Waals surface area contributed by atoms with E-state index in [4.69, 9.17) is 0 Å². The van der Waals surface area contributed by atoms with Crippen LogP contribution in [0, 0.1) is 0 Å². The van der Waals surface area contributed by atoms with Crippen molar-refractivity contribution in [3.8, 4) is 0 Å². The Hall–Kier alpha value is -2.59. The molecule has 0 unspecified atom stereocenters. The highest BCUT2D eigenvalue weighted by molar-refractivity contribution is 7.89. The first-order chi connectivity index (χ1) is 15.4. The van der Waals surface area contributed by atoms with Crippen molar-refractivity contribution in [1.29, 1.82) is 0 Å². The number of rotatable bonds is 7. The van der Waals surface area contributed by atoms with Crippen molar-refractivity contribution in [1.82, 2.24) is 14.2 Å². The highest BCUT2D eigenvalue weighted by Crippen LogP contribution is 2.28. The molecule has 0 saturated heterocycles. The van der Waals surface area contributed by atoms with Gasteiger partial charge in [0, 0.05) is 43.0 Å². The van der Waals surface area contributed by atoms with Gasteiger partial charge in [-0.15, -0.1) is 11.3 Å². The van der Waals surface area contributed by atoms with Gasteiger partial charge in [0.15, 0.2) is 5.13 Å². The van der Waals surface area contributed by atoms with Crippen LogP contribution >= 0.6 is 11.3 Å². The van der Waals surface area contributed by atoms with E-state index in [-0.39, 0.29) is 10.8 Å². The zero-order chi connectivity index (χ0) is 22.7. The molecule has 1 N–H and O–H groups in total. The van der Waals surface area contributed by atoms with Gasteiger partial charge in [0.05, 0.1) is 10.6 Å². The number of hydrogen-bond donors (Lipinski definition) is 1. The molecular formula is C23H26N4O3S2. The standard InChI is InChI=1S/C23H26N4O3S2/c1-3-27(15-17-7-5-4-6-8-17)32(29,30)19-11-9-18(10-12-19)22(28)25-23-24-20-13-14-26(2)16-21(20)31-23/h4-12H,3,13-16H2,1-2H3,(H,24,25,28). The van der Waals surface area contributed by atoms with Crippen LogP contribution in [-0.4, -0.2) is 48.7 Å². The molecule has 1 aliphatic rings. The fraction of sp³-hybridized carbons (Fsp3) is 0.304. The zero-order valence-corrected chi connectivity index (χ0v) is 19.7. The monoisotopic (exact) mass is 470 g/mol. The van der Waals surface area contributed by atoms with Crippen molar-refractivity contribution in [2.45, 2.75) is 31.3 Å². The number of fused-ring (bicyclic) bond motifs is 1. The largest absolute Gasteiger partial charge is 0.301 e. The molecule has 0 aliphatic carbocycles. The first-order valence-electron chi connectivity index (χ1n) is 10.5. The molecule has 4 rings (SSSR count). The Labute approximate surface area is 192 Å². The third-order valence-electron chi connectivity index (χ3n) is 5.45. The van der Waals surface area contributed by atoms with Crippen LogP contribution in [0.3, 0.4) is 0 Å². The number of carbonyl (C=O) groups is 1. The predicted molar refractivity (Wildman–Crippen MR) is 126 cm³/mol. The normalized spacial score (nSPS) is 14.3. The molecule has 32 heavy (non-hydrogen) atoms. The summed E-state index contributed by atoms with van der Waals surface area (Å²) in [6, 6.07) is 15.5. The molecule has 1 aliphatic heterocycles. The molecule has 1 aromatic heterocycles. The van der Waals surface area contributed by atoms with E-state index in [2.05, 4.69) is 22.2 Å². The molecule has 3 aromatic rings. The number of nitrogens with zero attached hydrogens (tertiary/aromatic N) is 3. The highest BCUT2D eigenvalue weighted by Gasteiger charge is 2.24. The minimum absolute atomic E-state index is 0.166. The van der Waals surface area contributed by atoms with Crippen molar-refractivity contribution in [2.24, 2.45) is 0 Å². The highest BCUT2D eigenvalue weighted by atomic mass is 32.2. The Morgan fingerprint density at radius 2 is 1.88 bits per heavy atom. The summed E-state index contributed by atoms with van der Waals surface area (Å²) in [4.78, 5) is 20.8. The summed E-state index contributed by atoms with van der Waals surface area (Å²) in [6.07, 6.45) is 0.877. The molecule has 2 heterocycles. The van der Waals surface area contributed by atoms with E-state index in [0.717, 1.165) is 30.8 Å². The fourth-order valence-electron chi connectivity index (χ4n) is 3.63. The number of carbonyl (C=O) groups excluding carboxylic acids is 1. The first kappa shape index (κ1) is 22.6. The maximum Gasteiger partial charge on any atom is 0.257 e. The minimum Gasteiger partial charge on any atom is -0.301 e. The van der Waals surface area contributed by atoms with E-state index in [0.29, 0.717) is 23.8 Å². The second kappa shape index (κ2) is 9.50. The van der Waals surface area contributed by atoms with Crippen LogP contribution in [0.1, 0.15) is 33.4 Å². The van der Waals surface area contributed by atoms with Gasteiger partial charge >= 0.3 is 0 Å². The molecule has 1 amide bonds. The quantitative estimate of drug-likeness (QED) is 0.571. The molecule has 9 heteroatoms. The molecule has 0 spiro atoms. The smallest absolute Gasteiger partial charge is 0.257 e. The Morgan fingerprint density at radius 1 is 1.16 bits per heavy atom. The summed E-state index contributed by atoms with van der Waals surface area (Å²) in [6.45, 7) is 4.26. The van der Waals surface area contributed by atoms with Crippen LogP contribution in [0.2, 0.25) is 0 Å². The number of nitrogens with one attached hydrogen (secondary N) is 1. The predicted octanol–water partition coefficient (Wildman–Crippen LogP) is 3.59. The molecule has 0 fully saturated rings. The lowest BCUT2D eigenvalue weighted by Crippen LogP contribution is -2.30. The van der Waals surface area contributed by atoms with E-state index in [9.17, 15) is 13.2 Å². The average molecular weight is 471 g/mol. The van der Waals surface area contributed by atoms with Gasteiger partial charge in [-0.2, -0.15) is 4.31 Å². The zero-order valence-electron chi connectivity index (χ0n) is 18.1. The maximum atomic E-state index is 13.1. The van der Waals surface area contributed by atoms with Crippen molar-refractivity contribution < 1.29 is 13.2 Å². The number of anilines is 1. The lowest BCUT2D eigenvalue weighted by molar-refractivity contribution is 0.102. The topological polar surface area (TPSA) is 82.6 Å². The Morgan fingerprint density at radius 3 is 2.56 bits per heavy atom. The van der Waals surface area contributed by atoms with Crippen LogP contribution in [0.25, 0.3) is 0 Å². The number of aromatic nitrogens is 1. The lowest BCUT2D eigenvalue weighted by Gasteiger charge is -2.20. The van der Waals surface area contributed by atoms with Crippen LogP contribution in [0.5, 0.6) is 0 Å². The van der Waals surface area contributed by atoms with E-state index in [1.165, 1.54) is 32.7 Å². The van der Waals surface area contributed by atoms with E-state index < -0.39 is 10.0 Å². The van der Waals surface area contributed by atoms with Gasteiger partial charge in [0.1, 0.15) is 0 Å². The van der Waals surface area contributed by atoms with Crippen molar-refractivity contribution in [3.05, 3.63) is 76.3 Å². The van der Waals surface area contributed by atoms with Gasteiger partial charge < -0.3 is 4.90 Å². The number of likely N-dealkylation sites (N-methyl/N-ethyl adjacent to an activating group) is 1. The first-order valence-corrected chi connectivity index (χ1v) is 12.7. The molecule has 0 atom stereocenters. The van der Waals surface area contributed by atoms with Gasteiger partial charge in [0.2, 0.25) is 10.0 Å². The third kappa shape index (κ3) is 4.91. The summed E-state index contributed by atoms with van der Waals surface area (Å²) >= 11 is 1.49. The second-order valence-electron chi connectivity index (χ2n) is 7.77. The molecule has 0 saturated carbocycles. The van der Waals surface area contributed by atoms with Gasteiger partial charge in [-0.25, -0.2) is 13.4 Å². The second-order valence-corrected chi connectivity index (χ2v) is 10.8. The summed E-state index contributed by atoms with van der Waals surface area (Å²) in [7, 11) is -1.61. The summed E-state index contributed by atoms with van der Waals surface area (Å²) in [5.41, 5.74) is 2.36. The molecular weight excluding hydrogens is 444 g/mol. The van der Waals surface area contributed by atoms with Gasteiger partial charge in [-0.3, -0.25) is 10.1 Å². The fourth-order valence-corrected chi connectivity index (χ4v) is 6.15. The summed E-state index contributed by atoms with van der Waals surface area (Å²) in [5, 5.41) is 3.42.